The van der Waals surface area contributed by atoms with Crippen LogP contribution < -0.4 is 5.32 Å². The Morgan fingerprint density at radius 3 is 2.79 bits per heavy atom. The van der Waals surface area contributed by atoms with Crippen molar-refractivity contribution in [3.05, 3.63) is 18.0 Å². The minimum Gasteiger partial charge on any atom is -0.311 e. The lowest BCUT2D eigenvalue weighted by atomic mass is 9.98. The molecule has 2 saturated heterocycles. The molecule has 0 saturated carbocycles. The average molecular weight is 262 g/mol. The van der Waals surface area contributed by atoms with Crippen LogP contribution >= 0.6 is 0 Å². The van der Waals surface area contributed by atoms with Gasteiger partial charge in [-0.1, -0.05) is 6.92 Å². The molecule has 1 aromatic heterocycles. The van der Waals surface area contributed by atoms with Crippen molar-refractivity contribution >= 4 is 0 Å². The first kappa shape index (κ1) is 13.1. The highest BCUT2D eigenvalue weighted by molar-refractivity contribution is 5.05. The summed E-state index contributed by atoms with van der Waals surface area (Å²) in [5.74, 6) is 0. The molecule has 2 unspecified atom stereocenters. The number of nitrogens with zero attached hydrogens (tertiary/aromatic N) is 3. The minimum absolute atomic E-state index is 0.744. The van der Waals surface area contributed by atoms with E-state index in [0.717, 1.165) is 37.6 Å². The van der Waals surface area contributed by atoms with Crippen LogP contribution in [0.4, 0.5) is 0 Å². The number of aromatic nitrogens is 2. The van der Waals surface area contributed by atoms with E-state index in [4.69, 9.17) is 0 Å². The lowest BCUT2D eigenvalue weighted by Gasteiger charge is -2.35. The van der Waals surface area contributed by atoms with Crippen LogP contribution in [0.2, 0.25) is 0 Å². The van der Waals surface area contributed by atoms with Gasteiger partial charge in [-0.15, -0.1) is 0 Å². The number of aryl methyl sites for hydroxylation is 1. The summed E-state index contributed by atoms with van der Waals surface area (Å²) in [4.78, 5) is 2.53. The van der Waals surface area contributed by atoms with Crippen molar-refractivity contribution in [1.82, 2.24) is 20.0 Å². The van der Waals surface area contributed by atoms with Crippen molar-refractivity contribution in [2.45, 2.75) is 70.2 Å². The maximum Gasteiger partial charge on any atom is 0.0534 e. The summed E-state index contributed by atoms with van der Waals surface area (Å²) in [5.41, 5.74) is 1.35. The molecular formula is C15H26N4. The Balaban J connectivity index is 1.56. The third kappa shape index (κ3) is 3.00. The molecule has 3 heterocycles. The van der Waals surface area contributed by atoms with Crippen molar-refractivity contribution in [2.75, 3.05) is 7.05 Å². The predicted molar refractivity (Wildman–Crippen MR) is 77.0 cm³/mol. The molecule has 0 aromatic carbocycles. The summed E-state index contributed by atoms with van der Waals surface area (Å²) in [6.07, 6.45) is 10.8. The second-order valence-electron chi connectivity index (χ2n) is 6.29. The normalized spacial score (nSPS) is 30.2. The molecule has 0 aliphatic carbocycles. The molecule has 3 rings (SSSR count). The van der Waals surface area contributed by atoms with Gasteiger partial charge in [0.2, 0.25) is 0 Å². The smallest absolute Gasteiger partial charge is 0.0534 e. The Kier molecular flexibility index (Phi) is 3.89. The fourth-order valence-electron chi connectivity index (χ4n) is 3.64. The van der Waals surface area contributed by atoms with Crippen LogP contribution in [0, 0.1) is 0 Å². The molecule has 0 amide bonds. The molecule has 2 aliphatic heterocycles. The Labute approximate surface area is 116 Å². The molecule has 2 aliphatic rings. The van der Waals surface area contributed by atoms with E-state index in [9.17, 15) is 0 Å². The zero-order chi connectivity index (χ0) is 13.2. The van der Waals surface area contributed by atoms with Gasteiger partial charge in [0.25, 0.3) is 0 Å². The van der Waals surface area contributed by atoms with Crippen LogP contribution in [0.25, 0.3) is 0 Å². The van der Waals surface area contributed by atoms with Crippen molar-refractivity contribution < 1.29 is 0 Å². The summed E-state index contributed by atoms with van der Waals surface area (Å²) in [7, 11) is 2.27. The zero-order valence-electron chi connectivity index (χ0n) is 12.2. The second-order valence-corrected chi connectivity index (χ2v) is 6.29. The van der Waals surface area contributed by atoms with Crippen LogP contribution in [0.1, 0.15) is 44.6 Å². The van der Waals surface area contributed by atoms with Crippen molar-refractivity contribution in [1.29, 1.82) is 0 Å². The number of fused-ring (bicyclic) bond motifs is 2. The van der Waals surface area contributed by atoms with Gasteiger partial charge in [0, 0.05) is 43.0 Å². The summed E-state index contributed by atoms with van der Waals surface area (Å²) in [6.45, 7) is 4.26. The van der Waals surface area contributed by atoms with E-state index < -0.39 is 0 Å². The number of nitrogens with one attached hydrogen (secondary N) is 1. The van der Waals surface area contributed by atoms with Gasteiger partial charge in [0.1, 0.15) is 0 Å². The van der Waals surface area contributed by atoms with E-state index >= 15 is 0 Å². The van der Waals surface area contributed by atoms with Gasteiger partial charge in [-0.25, -0.2) is 0 Å². The average Bonchev–Trinajstić information content (AvgIpc) is 2.97. The summed E-state index contributed by atoms with van der Waals surface area (Å²) in [6, 6.07) is 2.29. The molecule has 1 N–H and O–H groups in total. The predicted octanol–water partition coefficient (Wildman–Crippen LogP) is 2.01. The molecule has 0 spiro atoms. The Morgan fingerprint density at radius 1 is 1.37 bits per heavy atom. The molecule has 0 radical (unpaired) electrons. The highest BCUT2D eigenvalue weighted by Gasteiger charge is 2.34. The van der Waals surface area contributed by atoms with Gasteiger partial charge in [-0.05, 0) is 39.2 Å². The maximum atomic E-state index is 4.42. The lowest BCUT2D eigenvalue weighted by molar-refractivity contribution is 0.166. The molecule has 1 aromatic rings. The highest BCUT2D eigenvalue weighted by Crippen LogP contribution is 2.29. The lowest BCUT2D eigenvalue weighted by Crippen LogP contribution is -2.46. The van der Waals surface area contributed by atoms with E-state index in [-0.39, 0.29) is 0 Å². The first-order chi connectivity index (χ1) is 9.24. The third-order valence-corrected chi connectivity index (χ3v) is 4.64. The van der Waals surface area contributed by atoms with Crippen molar-refractivity contribution in [2.24, 2.45) is 0 Å². The third-order valence-electron chi connectivity index (χ3n) is 4.64. The first-order valence-electron chi connectivity index (χ1n) is 7.72. The van der Waals surface area contributed by atoms with E-state index in [1.165, 1.54) is 31.2 Å². The fraction of sp³-hybridized carbons (Fsp3) is 0.800. The van der Waals surface area contributed by atoms with Crippen LogP contribution in [0.15, 0.2) is 12.4 Å². The van der Waals surface area contributed by atoms with E-state index in [1.807, 2.05) is 6.20 Å². The SMILES string of the molecule is CCCn1cc(CN(C)C2CC3CCC(C2)N3)cn1. The monoisotopic (exact) mass is 262 g/mol. The number of rotatable bonds is 5. The quantitative estimate of drug-likeness (QED) is 0.881. The summed E-state index contributed by atoms with van der Waals surface area (Å²) in [5, 5.41) is 8.14. The van der Waals surface area contributed by atoms with E-state index in [2.05, 4.69) is 40.2 Å². The zero-order valence-corrected chi connectivity index (χ0v) is 12.2. The van der Waals surface area contributed by atoms with Gasteiger partial charge < -0.3 is 5.32 Å². The van der Waals surface area contributed by atoms with Gasteiger partial charge in [-0.2, -0.15) is 5.10 Å². The van der Waals surface area contributed by atoms with Gasteiger partial charge in [0.15, 0.2) is 0 Å². The first-order valence-corrected chi connectivity index (χ1v) is 7.72. The molecule has 2 atom stereocenters. The maximum absolute atomic E-state index is 4.42. The summed E-state index contributed by atoms with van der Waals surface area (Å²) < 4.78 is 2.06. The largest absolute Gasteiger partial charge is 0.311 e. The van der Waals surface area contributed by atoms with Gasteiger partial charge in [0.05, 0.1) is 6.20 Å². The topological polar surface area (TPSA) is 33.1 Å². The highest BCUT2D eigenvalue weighted by atomic mass is 15.3. The fourth-order valence-corrected chi connectivity index (χ4v) is 3.64. The minimum atomic E-state index is 0.744. The molecule has 4 heteroatoms. The van der Waals surface area contributed by atoms with Crippen molar-refractivity contribution in [3.63, 3.8) is 0 Å². The number of hydrogen-bond donors (Lipinski definition) is 1. The molecule has 19 heavy (non-hydrogen) atoms. The Morgan fingerprint density at radius 2 is 2.11 bits per heavy atom. The Hall–Kier alpha value is -0.870. The molecule has 2 fully saturated rings. The molecule has 106 valence electrons. The van der Waals surface area contributed by atoms with E-state index in [1.54, 1.807) is 0 Å². The van der Waals surface area contributed by atoms with Crippen molar-refractivity contribution in [3.8, 4) is 0 Å². The second kappa shape index (κ2) is 5.63. The molecular weight excluding hydrogens is 236 g/mol. The van der Waals surface area contributed by atoms with Crippen LogP contribution in [0.3, 0.4) is 0 Å². The van der Waals surface area contributed by atoms with Gasteiger partial charge in [-0.3, -0.25) is 9.58 Å². The number of piperidine rings is 1. The Bertz CT molecular complexity index is 402. The van der Waals surface area contributed by atoms with Crippen LogP contribution in [-0.4, -0.2) is 39.9 Å². The van der Waals surface area contributed by atoms with Gasteiger partial charge >= 0.3 is 0 Å². The molecule has 2 bridgehead atoms. The van der Waals surface area contributed by atoms with E-state index in [0.29, 0.717) is 0 Å². The van der Waals surface area contributed by atoms with Crippen LogP contribution in [0.5, 0.6) is 0 Å². The molecule has 4 nitrogen and oxygen atoms in total. The standard InChI is InChI=1S/C15H26N4/c1-3-6-19-11-12(9-16-19)10-18(2)15-7-13-4-5-14(8-15)17-13/h9,11,13-15,17H,3-8,10H2,1-2H3. The summed E-state index contributed by atoms with van der Waals surface area (Å²) >= 11 is 0. The number of hydrogen-bond acceptors (Lipinski definition) is 3. The van der Waals surface area contributed by atoms with Crippen LogP contribution in [-0.2, 0) is 13.1 Å².